The summed E-state index contributed by atoms with van der Waals surface area (Å²) in [6.07, 6.45) is 3.46. The number of nitrogens with one attached hydrogen (secondary N) is 1. The van der Waals surface area contributed by atoms with E-state index in [0.717, 1.165) is 13.0 Å². The standard InChI is InChI=1S/C8H16FN/c1-2-7(9)8-5-3-4-6-10-8/h7-8,10H,2-6H2,1H3/t7-,8-/m0/s1. The molecule has 1 aliphatic rings. The second-order valence-corrected chi connectivity index (χ2v) is 2.98. The Morgan fingerprint density at radius 3 is 2.90 bits per heavy atom. The highest BCUT2D eigenvalue weighted by Crippen LogP contribution is 2.14. The first-order valence-electron chi connectivity index (χ1n) is 4.22. The molecule has 1 heterocycles. The van der Waals surface area contributed by atoms with Crippen molar-refractivity contribution in [2.45, 2.75) is 44.8 Å². The molecule has 0 radical (unpaired) electrons. The van der Waals surface area contributed by atoms with E-state index < -0.39 is 6.17 Å². The summed E-state index contributed by atoms with van der Waals surface area (Å²) < 4.78 is 13.0. The lowest BCUT2D eigenvalue weighted by Crippen LogP contribution is -2.40. The summed E-state index contributed by atoms with van der Waals surface area (Å²) in [5.41, 5.74) is 0. The summed E-state index contributed by atoms with van der Waals surface area (Å²) >= 11 is 0. The molecule has 2 heteroatoms. The van der Waals surface area contributed by atoms with Crippen LogP contribution in [0.2, 0.25) is 0 Å². The molecule has 0 unspecified atom stereocenters. The van der Waals surface area contributed by atoms with Crippen LogP contribution in [0.3, 0.4) is 0 Å². The third-order valence-electron chi connectivity index (χ3n) is 2.18. The van der Waals surface area contributed by atoms with E-state index in [1.807, 2.05) is 6.92 Å². The van der Waals surface area contributed by atoms with E-state index >= 15 is 0 Å². The molecule has 0 amide bonds. The summed E-state index contributed by atoms with van der Waals surface area (Å²) in [5, 5.41) is 3.19. The van der Waals surface area contributed by atoms with Crippen LogP contribution in [-0.4, -0.2) is 18.8 Å². The number of hydrogen-bond donors (Lipinski definition) is 1. The fourth-order valence-corrected chi connectivity index (χ4v) is 1.47. The van der Waals surface area contributed by atoms with Crippen LogP contribution in [0.15, 0.2) is 0 Å². The summed E-state index contributed by atoms with van der Waals surface area (Å²) in [4.78, 5) is 0. The molecule has 0 aromatic heterocycles. The van der Waals surface area contributed by atoms with Gasteiger partial charge in [-0.2, -0.15) is 0 Å². The van der Waals surface area contributed by atoms with Crippen molar-refractivity contribution in [2.75, 3.05) is 6.54 Å². The van der Waals surface area contributed by atoms with Gasteiger partial charge in [-0.25, -0.2) is 4.39 Å². The van der Waals surface area contributed by atoms with Gasteiger partial charge in [0, 0.05) is 6.04 Å². The maximum absolute atomic E-state index is 13.0. The lowest BCUT2D eigenvalue weighted by molar-refractivity contribution is 0.212. The van der Waals surface area contributed by atoms with Gasteiger partial charge in [0.15, 0.2) is 0 Å². The van der Waals surface area contributed by atoms with Crippen LogP contribution in [-0.2, 0) is 0 Å². The van der Waals surface area contributed by atoms with E-state index in [0.29, 0.717) is 6.42 Å². The van der Waals surface area contributed by atoms with Gasteiger partial charge in [0.05, 0.1) is 0 Å². The molecule has 0 aliphatic carbocycles. The molecule has 60 valence electrons. The van der Waals surface area contributed by atoms with Crippen molar-refractivity contribution in [2.24, 2.45) is 0 Å². The van der Waals surface area contributed by atoms with Crippen LogP contribution < -0.4 is 5.32 Å². The lowest BCUT2D eigenvalue weighted by Gasteiger charge is -2.25. The Balaban J connectivity index is 2.24. The molecular formula is C8H16FN. The van der Waals surface area contributed by atoms with Crippen LogP contribution in [0.4, 0.5) is 4.39 Å². The summed E-state index contributed by atoms with van der Waals surface area (Å²) in [5.74, 6) is 0. The first-order chi connectivity index (χ1) is 4.84. The third-order valence-corrected chi connectivity index (χ3v) is 2.18. The highest BCUT2D eigenvalue weighted by molar-refractivity contribution is 4.78. The van der Waals surface area contributed by atoms with Gasteiger partial charge in [0.25, 0.3) is 0 Å². The van der Waals surface area contributed by atoms with Gasteiger partial charge in [0.1, 0.15) is 6.17 Å². The number of hydrogen-bond acceptors (Lipinski definition) is 1. The quantitative estimate of drug-likeness (QED) is 0.625. The van der Waals surface area contributed by atoms with E-state index in [1.54, 1.807) is 0 Å². The van der Waals surface area contributed by atoms with Gasteiger partial charge < -0.3 is 5.32 Å². The average molecular weight is 145 g/mol. The van der Waals surface area contributed by atoms with Crippen molar-refractivity contribution in [1.82, 2.24) is 5.32 Å². The number of piperidine rings is 1. The van der Waals surface area contributed by atoms with Crippen molar-refractivity contribution in [3.8, 4) is 0 Å². The predicted octanol–water partition coefficient (Wildman–Crippen LogP) is 1.88. The maximum Gasteiger partial charge on any atom is 0.115 e. The molecule has 1 saturated heterocycles. The molecule has 0 aromatic rings. The zero-order valence-corrected chi connectivity index (χ0v) is 6.57. The summed E-state index contributed by atoms with van der Waals surface area (Å²) in [6.45, 7) is 2.91. The molecule has 2 atom stereocenters. The number of alkyl halides is 1. The van der Waals surface area contributed by atoms with E-state index in [1.165, 1.54) is 12.8 Å². The van der Waals surface area contributed by atoms with Crippen LogP contribution in [0, 0.1) is 0 Å². The van der Waals surface area contributed by atoms with Gasteiger partial charge in [-0.05, 0) is 25.8 Å². The van der Waals surface area contributed by atoms with Gasteiger partial charge in [-0.1, -0.05) is 13.3 Å². The first kappa shape index (κ1) is 7.99. The predicted molar refractivity (Wildman–Crippen MR) is 40.8 cm³/mol. The minimum atomic E-state index is -0.625. The molecule has 1 N–H and O–H groups in total. The minimum absolute atomic E-state index is 0.152. The topological polar surface area (TPSA) is 12.0 Å². The Kier molecular flexibility index (Phi) is 3.13. The summed E-state index contributed by atoms with van der Waals surface area (Å²) in [7, 11) is 0. The molecule has 1 nitrogen and oxygen atoms in total. The Labute approximate surface area is 62.0 Å². The monoisotopic (exact) mass is 145 g/mol. The Morgan fingerprint density at radius 1 is 1.60 bits per heavy atom. The van der Waals surface area contributed by atoms with Crippen LogP contribution >= 0.6 is 0 Å². The molecule has 0 saturated carbocycles. The van der Waals surface area contributed by atoms with Gasteiger partial charge in [-0.3, -0.25) is 0 Å². The maximum atomic E-state index is 13.0. The Hall–Kier alpha value is -0.110. The lowest BCUT2D eigenvalue weighted by atomic mass is 10.00. The smallest absolute Gasteiger partial charge is 0.115 e. The molecule has 1 aliphatic heterocycles. The molecule has 0 spiro atoms. The zero-order chi connectivity index (χ0) is 7.40. The van der Waals surface area contributed by atoms with Gasteiger partial charge in [0.2, 0.25) is 0 Å². The highest BCUT2D eigenvalue weighted by Gasteiger charge is 2.20. The van der Waals surface area contributed by atoms with Crippen LogP contribution in [0.1, 0.15) is 32.6 Å². The van der Waals surface area contributed by atoms with Crippen molar-refractivity contribution >= 4 is 0 Å². The average Bonchev–Trinajstić information content (AvgIpc) is 2.05. The van der Waals surface area contributed by atoms with E-state index in [4.69, 9.17) is 0 Å². The molecular weight excluding hydrogens is 129 g/mol. The molecule has 1 fully saturated rings. The van der Waals surface area contributed by atoms with E-state index in [2.05, 4.69) is 5.32 Å². The second-order valence-electron chi connectivity index (χ2n) is 2.98. The minimum Gasteiger partial charge on any atom is -0.311 e. The van der Waals surface area contributed by atoms with Crippen molar-refractivity contribution in [3.63, 3.8) is 0 Å². The first-order valence-corrected chi connectivity index (χ1v) is 4.22. The summed E-state index contributed by atoms with van der Waals surface area (Å²) in [6, 6.07) is 0.152. The van der Waals surface area contributed by atoms with Gasteiger partial charge in [-0.15, -0.1) is 0 Å². The SMILES string of the molecule is CC[C@H](F)[C@@H]1CCCCN1. The van der Waals surface area contributed by atoms with Crippen LogP contribution in [0.25, 0.3) is 0 Å². The van der Waals surface area contributed by atoms with Crippen molar-refractivity contribution < 1.29 is 4.39 Å². The molecule has 0 bridgehead atoms. The zero-order valence-electron chi connectivity index (χ0n) is 6.57. The fraction of sp³-hybridized carbons (Fsp3) is 1.00. The number of rotatable bonds is 2. The highest BCUT2D eigenvalue weighted by atomic mass is 19.1. The van der Waals surface area contributed by atoms with Gasteiger partial charge >= 0.3 is 0 Å². The second kappa shape index (κ2) is 3.91. The van der Waals surface area contributed by atoms with Crippen molar-refractivity contribution in [1.29, 1.82) is 0 Å². The molecule has 1 rings (SSSR count). The normalized spacial score (nSPS) is 30.0. The number of halogens is 1. The Morgan fingerprint density at radius 2 is 2.40 bits per heavy atom. The van der Waals surface area contributed by atoms with Crippen LogP contribution in [0.5, 0.6) is 0 Å². The fourth-order valence-electron chi connectivity index (χ4n) is 1.47. The molecule has 10 heavy (non-hydrogen) atoms. The van der Waals surface area contributed by atoms with E-state index in [-0.39, 0.29) is 6.04 Å². The third kappa shape index (κ3) is 1.94. The van der Waals surface area contributed by atoms with Crippen molar-refractivity contribution in [3.05, 3.63) is 0 Å². The largest absolute Gasteiger partial charge is 0.311 e. The van der Waals surface area contributed by atoms with E-state index in [9.17, 15) is 4.39 Å². The molecule has 0 aromatic carbocycles. The Bertz CT molecular complexity index is 89.3.